The maximum atomic E-state index is 12.8. The summed E-state index contributed by atoms with van der Waals surface area (Å²) >= 11 is 0. The average Bonchev–Trinajstić information content (AvgIpc) is 3.61. The third-order valence-corrected chi connectivity index (χ3v) is 6.72. The van der Waals surface area contributed by atoms with E-state index in [2.05, 4.69) is 29.6 Å². The van der Waals surface area contributed by atoms with Gasteiger partial charge in [-0.25, -0.2) is 9.59 Å². The van der Waals surface area contributed by atoms with Crippen LogP contribution in [0.2, 0.25) is 0 Å². The predicted octanol–water partition coefficient (Wildman–Crippen LogP) is 4.02. The molecule has 2 aromatic rings. The number of nitrogens with one attached hydrogen (secondary N) is 1. The molecule has 2 aliphatic carbocycles. The quantitative estimate of drug-likeness (QED) is 0.602. The average molecular weight is 451 g/mol. The molecule has 2 unspecified atom stereocenters. The first-order valence-corrected chi connectivity index (χ1v) is 11.5. The van der Waals surface area contributed by atoms with E-state index in [0.717, 1.165) is 35.1 Å². The van der Waals surface area contributed by atoms with E-state index in [1.807, 2.05) is 24.3 Å². The van der Waals surface area contributed by atoms with Gasteiger partial charge >= 0.3 is 12.1 Å². The zero-order valence-corrected chi connectivity index (χ0v) is 19.0. The number of benzene rings is 2. The van der Waals surface area contributed by atoms with E-state index in [1.165, 1.54) is 11.8 Å². The number of carboxylic acids is 1. The van der Waals surface area contributed by atoms with Gasteiger partial charge in [-0.15, -0.1) is 0 Å². The molecule has 174 valence electrons. The highest BCUT2D eigenvalue weighted by molar-refractivity contribution is 5.84. The monoisotopic (exact) mass is 450 g/mol. The fraction of sp³-hybridized carbons (Fsp3) is 0.423. The summed E-state index contributed by atoms with van der Waals surface area (Å²) in [5, 5.41) is 12.1. The van der Waals surface area contributed by atoms with Crippen LogP contribution >= 0.6 is 0 Å². The standard InChI is InChI=1S/C26H30N2O5/c1-3-28(16(2)25(30)31)24(29)14-23(17-12-13-17)27-26(32)33-15-22-20-10-6-4-8-18(20)19-9-5-7-11-21(19)22/h4-11,16-17,22-23H,3,12-15H2,1-2H3,(H,27,32)(H,30,31). The van der Waals surface area contributed by atoms with Crippen molar-refractivity contribution in [1.29, 1.82) is 0 Å². The second-order valence-corrected chi connectivity index (χ2v) is 8.81. The zero-order chi connectivity index (χ0) is 23.5. The van der Waals surface area contributed by atoms with Crippen molar-refractivity contribution < 1.29 is 24.2 Å². The number of carbonyl (C=O) groups excluding carboxylic acids is 2. The third kappa shape index (κ3) is 4.87. The molecule has 2 aromatic carbocycles. The maximum Gasteiger partial charge on any atom is 0.407 e. The topological polar surface area (TPSA) is 95.9 Å². The number of aliphatic carboxylic acids is 1. The molecule has 0 saturated heterocycles. The SMILES string of the molecule is CCN(C(=O)CC(NC(=O)OCC1c2ccccc2-c2ccccc21)C1CC1)C(C)C(=O)O. The van der Waals surface area contributed by atoms with Gasteiger partial charge in [-0.1, -0.05) is 48.5 Å². The number of ether oxygens (including phenoxy) is 1. The molecule has 0 radical (unpaired) electrons. The summed E-state index contributed by atoms with van der Waals surface area (Å²) in [6.45, 7) is 3.76. The van der Waals surface area contributed by atoms with E-state index in [-0.39, 0.29) is 36.8 Å². The van der Waals surface area contributed by atoms with E-state index in [9.17, 15) is 19.5 Å². The minimum Gasteiger partial charge on any atom is -0.480 e. The molecule has 2 amide bonds. The van der Waals surface area contributed by atoms with Gasteiger partial charge < -0.3 is 20.1 Å². The van der Waals surface area contributed by atoms with Gasteiger partial charge in [0.05, 0.1) is 0 Å². The van der Waals surface area contributed by atoms with Gasteiger partial charge in [-0.05, 0) is 54.9 Å². The molecule has 1 fully saturated rings. The van der Waals surface area contributed by atoms with Crippen molar-refractivity contribution in [2.24, 2.45) is 5.92 Å². The molecular weight excluding hydrogens is 420 g/mol. The molecule has 0 bridgehead atoms. The van der Waals surface area contributed by atoms with E-state index >= 15 is 0 Å². The first-order valence-electron chi connectivity index (χ1n) is 11.5. The summed E-state index contributed by atoms with van der Waals surface area (Å²) in [6, 6.07) is 15.0. The number of likely N-dealkylation sites (N-methyl/N-ethyl adjacent to an activating group) is 1. The molecule has 1 saturated carbocycles. The fourth-order valence-corrected chi connectivity index (χ4v) is 4.73. The second kappa shape index (κ2) is 9.65. The van der Waals surface area contributed by atoms with Crippen LogP contribution in [0.1, 0.15) is 50.2 Å². The van der Waals surface area contributed by atoms with Gasteiger partial charge in [-0.2, -0.15) is 0 Å². The second-order valence-electron chi connectivity index (χ2n) is 8.81. The van der Waals surface area contributed by atoms with Gasteiger partial charge in [0.15, 0.2) is 0 Å². The molecule has 2 aliphatic rings. The Kier molecular flexibility index (Phi) is 6.67. The highest BCUT2D eigenvalue weighted by Gasteiger charge is 2.36. The molecule has 0 aromatic heterocycles. The molecule has 33 heavy (non-hydrogen) atoms. The lowest BCUT2D eigenvalue weighted by molar-refractivity contribution is -0.149. The van der Waals surface area contributed by atoms with Crippen molar-refractivity contribution in [2.45, 2.75) is 51.1 Å². The summed E-state index contributed by atoms with van der Waals surface area (Å²) in [5.41, 5.74) is 4.61. The Balaban J connectivity index is 1.39. The van der Waals surface area contributed by atoms with E-state index in [0.29, 0.717) is 6.54 Å². The molecule has 7 nitrogen and oxygen atoms in total. The largest absolute Gasteiger partial charge is 0.480 e. The maximum absolute atomic E-state index is 12.8. The van der Waals surface area contributed by atoms with E-state index < -0.39 is 18.1 Å². The number of hydrogen-bond acceptors (Lipinski definition) is 4. The molecule has 0 aliphatic heterocycles. The van der Waals surface area contributed by atoms with E-state index in [4.69, 9.17) is 4.74 Å². The number of nitrogens with zero attached hydrogens (tertiary/aromatic N) is 1. The van der Waals surface area contributed by atoms with Gasteiger partial charge in [0.25, 0.3) is 0 Å². The molecule has 2 atom stereocenters. The number of fused-ring (bicyclic) bond motifs is 3. The van der Waals surface area contributed by atoms with Crippen LogP contribution < -0.4 is 5.32 Å². The summed E-state index contributed by atoms with van der Waals surface area (Å²) in [7, 11) is 0. The Morgan fingerprint density at radius 1 is 1.06 bits per heavy atom. The van der Waals surface area contributed by atoms with Crippen molar-refractivity contribution in [3.05, 3.63) is 59.7 Å². The van der Waals surface area contributed by atoms with Crippen LogP contribution in [-0.2, 0) is 14.3 Å². The lowest BCUT2D eigenvalue weighted by Crippen LogP contribution is -2.47. The molecule has 4 rings (SSSR count). The Morgan fingerprint density at radius 2 is 1.64 bits per heavy atom. The number of rotatable bonds is 9. The summed E-state index contributed by atoms with van der Waals surface area (Å²) in [4.78, 5) is 38.1. The third-order valence-electron chi connectivity index (χ3n) is 6.72. The first kappa shape index (κ1) is 22.8. The van der Waals surface area contributed by atoms with E-state index in [1.54, 1.807) is 6.92 Å². The van der Waals surface area contributed by atoms with Crippen molar-refractivity contribution in [3.8, 4) is 11.1 Å². The Bertz CT molecular complexity index is 1000. The number of carboxylic acid groups (broad SMARTS) is 1. The van der Waals surface area contributed by atoms with Crippen LogP contribution in [0.3, 0.4) is 0 Å². The van der Waals surface area contributed by atoms with Crippen LogP contribution in [0, 0.1) is 5.92 Å². The zero-order valence-electron chi connectivity index (χ0n) is 19.0. The van der Waals surface area contributed by atoms with Gasteiger partial charge in [0, 0.05) is 24.9 Å². The van der Waals surface area contributed by atoms with Crippen molar-refractivity contribution >= 4 is 18.0 Å². The van der Waals surface area contributed by atoms with Gasteiger partial charge in [0.1, 0.15) is 12.6 Å². The van der Waals surface area contributed by atoms with Crippen molar-refractivity contribution in [3.63, 3.8) is 0 Å². The molecular formula is C26H30N2O5. The molecule has 7 heteroatoms. The van der Waals surface area contributed by atoms with Crippen LogP contribution in [0.15, 0.2) is 48.5 Å². The minimum atomic E-state index is -1.04. The summed E-state index contributed by atoms with van der Waals surface area (Å²) in [6.07, 6.45) is 1.39. The number of carbonyl (C=O) groups is 3. The van der Waals surface area contributed by atoms with Crippen molar-refractivity contribution in [2.75, 3.05) is 13.2 Å². The Morgan fingerprint density at radius 3 is 2.15 bits per heavy atom. The van der Waals surface area contributed by atoms with Crippen LogP contribution in [0.5, 0.6) is 0 Å². The molecule has 0 spiro atoms. The van der Waals surface area contributed by atoms with Gasteiger partial charge in [0.2, 0.25) is 5.91 Å². The lowest BCUT2D eigenvalue weighted by Gasteiger charge is -2.27. The van der Waals surface area contributed by atoms with Crippen LogP contribution in [0.4, 0.5) is 4.79 Å². The number of hydrogen-bond donors (Lipinski definition) is 2. The Hall–Kier alpha value is -3.35. The fourth-order valence-electron chi connectivity index (χ4n) is 4.73. The normalized spacial score (nSPS) is 16.3. The van der Waals surface area contributed by atoms with Gasteiger partial charge in [-0.3, -0.25) is 4.79 Å². The number of alkyl carbamates (subject to hydrolysis) is 1. The summed E-state index contributed by atoms with van der Waals surface area (Å²) < 4.78 is 5.63. The highest BCUT2D eigenvalue weighted by Crippen LogP contribution is 2.44. The van der Waals surface area contributed by atoms with Crippen LogP contribution in [-0.4, -0.2) is 53.2 Å². The van der Waals surface area contributed by atoms with Crippen LogP contribution in [0.25, 0.3) is 11.1 Å². The lowest BCUT2D eigenvalue weighted by atomic mass is 9.98. The molecule has 2 N–H and O–H groups in total. The first-order chi connectivity index (χ1) is 15.9. The summed E-state index contributed by atoms with van der Waals surface area (Å²) in [5.74, 6) is -1.13. The minimum absolute atomic E-state index is 0.0313. The molecule has 0 heterocycles. The Labute approximate surface area is 193 Å². The highest BCUT2D eigenvalue weighted by atomic mass is 16.5. The smallest absolute Gasteiger partial charge is 0.407 e. The number of amides is 2. The van der Waals surface area contributed by atoms with Crippen molar-refractivity contribution in [1.82, 2.24) is 10.2 Å². The predicted molar refractivity (Wildman–Crippen MR) is 124 cm³/mol.